The molecule has 4 nitrogen and oxygen atoms in total. The van der Waals surface area contributed by atoms with Crippen LogP contribution in [0.1, 0.15) is 36.6 Å². The third-order valence-corrected chi connectivity index (χ3v) is 6.77. The highest BCUT2D eigenvalue weighted by Crippen LogP contribution is 2.35. The first kappa shape index (κ1) is 25.0. The standard InChI is InChI=1S/C28H29F3N2O2/c1-35-23-6-9-28-25(16-23)24(10-12-32-28)27(31)7-4-19-11-14-33(17-21(19)18-34)13-2-3-20-15-22(29)5-8-26(20)30/h5-6,8-10,12,15-16,19,21,27,34H,4,7,11,13-14,17-18H2,1H3/t19-,21-,27-/m1/s1. The number of nitrogens with zero attached hydrogens (tertiary/aromatic N) is 2. The summed E-state index contributed by atoms with van der Waals surface area (Å²) in [7, 11) is 1.58. The molecule has 3 aromatic rings. The molecule has 2 heterocycles. The van der Waals surface area contributed by atoms with Crippen LogP contribution in [-0.2, 0) is 0 Å². The van der Waals surface area contributed by atoms with Crippen molar-refractivity contribution in [3.63, 3.8) is 0 Å². The van der Waals surface area contributed by atoms with Crippen LogP contribution in [0.5, 0.6) is 5.75 Å². The predicted octanol–water partition coefficient (Wildman–Crippen LogP) is 5.29. The lowest BCUT2D eigenvalue weighted by molar-refractivity contribution is 0.0708. The minimum atomic E-state index is -1.14. The number of fused-ring (bicyclic) bond motifs is 1. The molecule has 0 radical (unpaired) electrons. The van der Waals surface area contributed by atoms with Crippen LogP contribution in [0.25, 0.3) is 10.9 Å². The molecule has 2 aromatic carbocycles. The van der Waals surface area contributed by atoms with E-state index in [4.69, 9.17) is 4.74 Å². The second-order valence-corrected chi connectivity index (χ2v) is 8.98. The Bertz CT molecular complexity index is 1220. The minimum absolute atomic E-state index is 0.0120. The van der Waals surface area contributed by atoms with Gasteiger partial charge in [0.2, 0.25) is 0 Å². The molecule has 0 saturated carbocycles. The van der Waals surface area contributed by atoms with Crippen molar-refractivity contribution in [3.8, 4) is 17.6 Å². The first-order valence-electron chi connectivity index (χ1n) is 11.8. The number of halogens is 3. The van der Waals surface area contributed by atoms with Crippen molar-refractivity contribution < 1.29 is 23.0 Å². The Morgan fingerprint density at radius 1 is 1.17 bits per heavy atom. The van der Waals surface area contributed by atoms with E-state index in [-0.39, 0.29) is 24.0 Å². The summed E-state index contributed by atoms with van der Waals surface area (Å²) in [6.45, 7) is 1.80. The van der Waals surface area contributed by atoms with Gasteiger partial charge in [0, 0.05) is 24.7 Å². The van der Waals surface area contributed by atoms with Crippen LogP contribution in [-0.4, -0.2) is 48.3 Å². The van der Waals surface area contributed by atoms with E-state index in [1.54, 1.807) is 19.4 Å². The zero-order valence-corrected chi connectivity index (χ0v) is 19.7. The molecule has 1 N–H and O–H groups in total. The van der Waals surface area contributed by atoms with E-state index in [9.17, 15) is 13.9 Å². The predicted molar refractivity (Wildman–Crippen MR) is 130 cm³/mol. The highest BCUT2D eigenvalue weighted by Gasteiger charge is 2.29. The highest BCUT2D eigenvalue weighted by atomic mass is 19.1. The Labute approximate surface area is 203 Å². The van der Waals surface area contributed by atoms with Gasteiger partial charge in [-0.1, -0.05) is 11.8 Å². The van der Waals surface area contributed by atoms with Gasteiger partial charge in [-0.15, -0.1) is 0 Å². The molecular weight excluding hydrogens is 453 g/mol. The molecule has 3 atom stereocenters. The van der Waals surface area contributed by atoms with E-state index >= 15 is 4.39 Å². The van der Waals surface area contributed by atoms with E-state index in [1.807, 2.05) is 18.2 Å². The average molecular weight is 483 g/mol. The number of rotatable bonds is 7. The second-order valence-electron chi connectivity index (χ2n) is 8.98. The molecule has 0 unspecified atom stereocenters. The number of pyridine rings is 1. The molecule has 0 amide bonds. The van der Waals surface area contributed by atoms with Crippen LogP contribution < -0.4 is 4.74 Å². The lowest BCUT2D eigenvalue weighted by Gasteiger charge is -2.37. The molecule has 1 aromatic heterocycles. The first-order chi connectivity index (χ1) is 17.0. The van der Waals surface area contributed by atoms with Gasteiger partial charge in [-0.2, -0.15) is 0 Å². The molecular formula is C28H29F3N2O2. The molecule has 1 aliphatic heterocycles. The maximum atomic E-state index is 15.3. The molecule has 4 rings (SSSR count). The Balaban J connectivity index is 1.35. The number of aromatic nitrogens is 1. The van der Waals surface area contributed by atoms with Gasteiger partial charge in [0.15, 0.2) is 0 Å². The normalized spacial score (nSPS) is 19.2. The topological polar surface area (TPSA) is 45.6 Å². The van der Waals surface area contributed by atoms with Crippen LogP contribution >= 0.6 is 0 Å². The van der Waals surface area contributed by atoms with E-state index < -0.39 is 17.8 Å². The second kappa shape index (κ2) is 11.6. The van der Waals surface area contributed by atoms with Gasteiger partial charge in [-0.3, -0.25) is 9.88 Å². The first-order valence-corrected chi connectivity index (χ1v) is 11.8. The van der Waals surface area contributed by atoms with Crippen LogP contribution in [0.3, 0.4) is 0 Å². The summed E-state index contributed by atoms with van der Waals surface area (Å²) in [5.74, 6) is 5.40. The van der Waals surface area contributed by atoms with E-state index in [0.717, 1.165) is 42.1 Å². The van der Waals surface area contributed by atoms with Gasteiger partial charge in [0.1, 0.15) is 23.6 Å². The van der Waals surface area contributed by atoms with Crippen molar-refractivity contribution in [3.05, 3.63) is 71.4 Å². The summed E-state index contributed by atoms with van der Waals surface area (Å²) < 4.78 is 47.7. The van der Waals surface area contributed by atoms with Crippen molar-refractivity contribution in [1.82, 2.24) is 9.88 Å². The highest BCUT2D eigenvalue weighted by molar-refractivity contribution is 5.83. The summed E-state index contributed by atoms with van der Waals surface area (Å²) in [6.07, 6.45) is 2.32. The maximum absolute atomic E-state index is 15.3. The van der Waals surface area contributed by atoms with E-state index in [2.05, 4.69) is 21.7 Å². The molecule has 1 aliphatic rings. The largest absolute Gasteiger partial charge is 0.497 e. The zero-order chi connectivity index (χ0) is 24.8. The van der Waals surface area contributed by atoms with Crippen LogP contribution in [0.2, 0.25) is 0 Å². The smallest absolute Gasteiger partial charge is 0.139 e. The van der Waals surface area contributed by atoms with Crippen LogP contribution in [0.15, 0.2) is 48.7 Å². The lowest BCUT2D eigenvalue weighted by atomic mass is 9.81. The molecule has 7 heteroatoms. The summed E-state index contributed by atoms with van der Waals surface area (Å²) in [4.78, 5) is 6.42. The van der Waals surface area contributed by atoms with Gasteiger partial charge in [0.05, 0.1) is 24.7 Å². The van der Waals surface area contributed by atoms with Crippen molar-refractivity contribution in [2.24, 2.45) is 11.8 Å². The molecule has 35 heavy (non-hydrogen) atoms. The van der Waals surface area contributed by atoms with Gasteiger partial charge in [-0.25, -0.2) is 13.2 Å². The molecule has 0 spiro atoms. The number of hydrogen-bond acceptors (Lipinski definition) is 4. The SMILES string of the molecule is COc1ccc2nccc([C@H](F)CC[C@@H]3CCN(CC#Cc4cc(F)ccc4F)C[C@@H]3CO)c2c1. The number of benzene rings is 2. The van der Waals surface area contributed by atoms with Gasteiger partial charge < -0.3 is 9.84 Å². The molecule has 184 valence electrons. The van der Waals surface area contributed by atoms with Gasteiger partial charge in [0.25, 0.3) is 0 Å². The maximum Gasteiger partial charge on any atom is 0.139 e. The quantitative estimate of drug-likeness (QED) is 0.465. The average Bonchev–Trinajstić information content (AvgIpc) is 2.88. The zero-order valence-electron chi connectivity index (χ0n) is 19.7. The summed E-state index contributed by atoms with van der Waals surface area (Å²) in [6, 6.07) is 10.4. The Hall–Kier alpha value is -3.08. The minimum Gasteiger partial charge on any atom is -0.497 e. The van der Waals surface area contributed by atoms with Gasteiger partial charge >= 0.3 is 0 Å². The van der Waals surface area contributed by atoms with Crippen LogP contribution in [0, 0.1) is 35.3 Å². The number of methoxy groups -OCH3 is 1. The summed E-state index contributed by atoms with van der Waals surface area (Å²) in [5, 5.41) is 10.7. The van der Waals surface area contributed by atoms with Crippen molar-refractivity contribution >= 4 is 10.9 Å². The number of ether oxygens (including phenoxy) is 1. The number of alkyl halides is 1. The number of piperidine rings is 1. The molecule has 1 fully saturated rings. The van der Waals surface area contributed by atoms with Crippen molar-refractivity contribution in [2.75, 3.05) is 33.4 Å². The number of aliphatic hydroxyl groups excluding tert-OH is 1. The molecule has 0 aliphatic carbocycles. The number of likely N-dealkylation sites (tertiary alicyclic amines) is 1. The number of aliphatic hydroxyl groups is 1. The van der Waals surface area contributed by atoms with Crippen molar-refractivity contribution in [2.45, 2.75) is 25.4 Å². The van der Waals surface area contributed by atoms with Crippen molar-refractivity contribution in [1.29, 1.82) is 0 Å². The lowest BCUT2D eigenvalue weighted by Crippen LogP contribution is -2.42. The third kappa shape index (κ3) is 6.14. The molecule has 0 bridgehead atoms. The van der Waals surface area contributed by atoms with E-state index in [1.165, 1.54) is 0 Å². The fourth-order valence-corrected chi connectivity index (χ4v) is 4.79. The summed E-state index contributed by atoms with van der Waals surface area (Å²) >= 11 is 0. The number of hydrogen-bond donors (Lipinski definition) is 1. The molecule has 1 saturated heterocycles. The van der Waals surface area contributed by atoms with E-state index in [0.29, 0.717) is 37.2 Å². The Morgan fingerprint density at radius 3 is 2.83 bits per heavy atom. The monoisotopic (exact) mass is 482 g/mol. The third-order valence-electron chi connectivity index (χ3n) is 6.77. The summed E-state index contributed by atoms with van der Waals surface area (Å²) in [5.41, 5.74) is 1.37. The Morgan fingerprint density at radius 2 is 2.03 bits per heavy atom. The fraction of sp³-hybridized carbons (Fsp3) is 0.393. The van der Waals surface area contributed by atoms with Gasteiger partial charge in [-0.05, 0) is 85.7 Å². The van der Waals surface area contributed by atoms with Crippen LogP contribution in [0.4, 0.5) is 13.2 Å². The Kier molecular flexibility index (Phi) is 8.27. The fourth-order valence-electron chi connectivity index (χ4n) is 4.79.